The molecule has 2 aromatic rings. The highest BCUT2D eigenvalue weighted by Crippen LogP contribution is 2.36. The van der Waals surface area contributed by atoms with Crippen molar-refractivity contribution in [1.82, 2.24) is 0 Å². The number of aryl methyl sites for hydroxylation is 1. The Balaban J connectivity index is 1.99. The maximum absolute atomic E-state index is 12.2. The minimum Gasteiger partial charge on any atom is -0.377 e. The second-order valence-corrected chi connectivity index (χ2v) is 8.26. The third-order valence-corrected chi connectivity index (χ3v) is 6.26. The molecule has 1 N–H and O–H groups in total. The first-order chi connectivity index (χ1) is 9.97. The Morgan fingerprint density at radius 1 is 1.19 bits per heavy atom. The second-order valence-electron chi connectivity index (χ2n) is 5.33. The van der Waals surface area contributed by atoms with E-state index < -0.39 is 9.84 Å². The van der Waals surface area contributed by atoms with E-state index in [1.807, 2.05) is 31.2 Å². The minimum atomic E-state index is -3.14. The molecule has 110 valence electrons. The molecule has 0 aromatic heterocycles. The molecule has 0 saturated carbocycles. The Kier molecular flexibility index (Phi) is 3.80. The number of anilines is 1. The van der Waals surface area contributed by atoms with Gasteiger partial charge in [0.2, 0.25) is 0 Å². The lowest BCUT2D eigenvalue weighted by Gasteiger charge is -2.27. The molecule has 0 amide bonds. The van der Waals surface area contributed by atoms with Crippen molar-refractivity contribution >= 4 is 31.5 Å². The van der Waals surface area contributed by atoms with E-state index in [4.69, 9.17) is 0 Å². The number of rotatable bonds is 2. The van der Waals surface area contributed by atoms with Gasteiger partial charge >= 0.3 is 0 Å². The number of sulfone groups is 1. The van der Waals surface area contributed by atoms with Crippen LogP contribution in [0.2, 0.25) is 0 Å². The van der Waals surface area contributed by atoms with Crippen LogP contribution in [0.5, 0.6) is 0 Å². The molecular formula is C16H16BrNO2S. The summed E-state index contributed by atoms with van der Waals surface area (Å²) in [7, 11) is -3.14. The molecular weight excluding hydrogens is 350 g/mol. The van der Waals surface area contributed by atoms with E-state index in [2.05, 4.69) is 27.3 Å². The van der Waals surface area contributed by atoms with E-state index in [0.717, 1.165) is 21.3 Å². The molecule has 3 rings (SSSR count). The Morgan fingerprint density at radius 2 is 1.95 bits per heavy atom. The van der Waals surface area contributed by atoms with Crippen molar-refractivity contribution in [2.75, 3.05) is 11.1 Å². The number of benzene rings is 2. The molecule has 0 fully saturated rings. The van der Waals surface area contributed by atoms with Crippen molar-refractivity contribution in [2.45, 2.75) is 24.3 Å². The molecule has 5 heteroatoms. The molecule has 2 aromatic carbocycles. The highest BCUT2D eigenvalue weighted by atomic mass is 79.9. The van der Waals surface area contributed by atoms with Crippen LogP contribution in [0.3, 0.4) is 0 Å². The van der Waals surface area contributed by atoms with Gasteiger partial charge in [-0.3, -0.25) is 0 Å². The van der Waals surface area contributed by atoms with E-state index >= 15 is 0 Å². The first-order valence-electron chi connectivity index (χ1n) is 6.82. The Hall–Kier alpha value is -1.33. The van der Waals surface area contributed by atoms with Crippen molar-refractivity contribution in [2.24, 2.45) is 0 Å². The smallest absolute Gasteiger partial charge is 0.178 e. The number of nitrogens with one attached hydrogen (secondary N) is 1. The van der Waals surface area contributed by atoms with E-state index in [9.17, 15) is 8.42 Å². The van der Waals surface area contributed by atoms with Crippen LogP contribution in [-0.4, -0.2) is 14.2 Å². The van der Waals surface area contributed by atoms with Crippen LogP contribution in [0.15, 0.2) is 51.8 Å². The average molecular weight is 366 g/mol. The summed E-state index contributed by atoms with van der Waals surface area (Å²) >= 11 is 3.54. The van der Waals surface area contributed by atoms with Crippen molar-refractivity contribution in [3.05, 3.63) is 58.1 Å². The molecule has 3 nitrogen and oxygen atoms in total. The number of hydrogen-bond acceptors (Lipinski definition) is 3. The largest absolute Gasteiger partial charge is 0.377 e. The molecule has 1 atom stereocenters. The van der Waals surface area contributed by atoms with Crippen molar-refractivity contribution in [3.8, 4) is 0 Å². The summed E-state index contributed by atoms with van der Waals surface area (Å²) in [4.78, 5) is 0.456. The van der Waals surface area contributed by atoms with Crippen LogP contribution >= 0.6 is 15.9 Å². The van der Waals surface area contributed by atoms with Gasteiger partial charge in [-0.1, -0.05) is 24.3 Å². The van der Waals surface area contributed by atoms with Crippen LogP contribution in [0.4, 0.5) is 5.69 Å². The lowest BCUT2D eigenvalue weighted by molar-refractivity contribution is 0.576. The maximum Gasteiger partial charge on any atom is 0.178 e. The monoisotopic (exact) mass is 365 g/mol. The molecule has 1 aliphatic rings. The third-order valence-electron chi connectivity index (χ3n) is 3.76. The fraction of sp³-hybridized carbons (Fsp3) is 0.250. The minimum absolute atomic E-state index is 0.0165. The van der Waals surface area contributed by atoms with Gasteiger partial charge in [0.15, 0.2) is 9.84 Å². The summed E-state index contributed by atoms with van der Waals surface area (Å²) in [5.74, 6) is 0.186. The van der Waals surface area contributed by atoms with Crippen LogP contribution < -0.4 is 5.32 Å². The Morgan fingerprint density at radius 3 is 2.76 bits per heavy atom. The average Bonchev–Trinajstić information content (AvgIpc) is 2.46. The lowest BCUT2D eigenvalue weighted by atomic mass is 10.0. The summed E-state index contributed by atoms with van der Waals surface area (Å²) in [6.07, 6.45) is 0.583. The van der Waals surface area contributed by atoms with Gasteiger partial charge in [0.1, 0.15) is 0 Å². The standard InChI is InChI=1S/C16H16BrNO2S/c1-11-6-7-13(17)15(10-11)18-14-8-9-21(19,20)16-5-3-2-4-12(14)16/h2-7,10,14,18H,8-9H2,1H3. The quantitative estimate of drug-likeness (QED) is 0.871. The van der Waals surface area contributed by atoms with Gasteiger partial charge in [-0.2, -0.15) is 0 Å². The highest BCUT2D eigenvalue weighted by molar-refractivity contribution is 9.10. The summed E-state index contributed by atoms with van der Waals surface area (Å²) in [5, 5.41) is 3.47. The van der Waals surface area contributed by atoms with Gasteiger partial charge in [0.25, 0.3) is 0 Å². The molecule has 21 heavy (non-hydrogen) atoms. The van der Waals surface area contributed by atoms with Crippen molar-refractivity contribution in [1.29, 1.82) is 0 Å². The third kappa shape index (κ3) is 2.85. The predicted molar refractivity (Wildman–Crippen MR) is 88.4 cm³/mol. The first-order valence-corrected chi connectivity index (χ1v) is 9.26. The van der Waals surface area contributed by atoms with Crippen molar-refractivity contribution < 1.29 is 8.42 Å². The summed E-state index contributed by atoms with van der Waals surface area (Å²) < 4.78 is 25.3. The Bertz CT molecular complexity index is 787. The molecule has 0 saturated heterocycles. The normalized spacial score (nSPS) is 19.8. The molecule has 1 heterocycles. The zero-order valence-electron chi connectivity index (χ0n) is 11.6. The van der Waals surface area contributed by atoms with E-state index in [-0.39, 0.29) is 11.8 Å². The lowest BCUT2D eigenvalue weighted by Crippen LogP contribution is -2.24. The van der Waals surface area contributed by atoms with Gasteiger partial charge in [0, 0.05) is 10.2 Å². The van der Waals surface area contributed by atoms with E-state index in [1.165, 1.54) is 0 Å². The van der Waals surface area contributed by atoms with Gasteiger partial charge in [-0.15, -0.1) is 0 Å². The number of halogens is 1. The maximum atomic E-state index is 12.2. The topological polar surface area (TPSA) is 46.2 Å². The molecule has 0 spiro atoms. The number of hydrogen-bond donors (Lipinski definition) is 1. The van der Waals surface area contributed by atoms with Crippen LogP contribution in [0, 0.1) is 6.92 Å². The van der Waals surface area contributed by atoms with Crippen LogP contribution in [0.1, 0.15) is 23.6 Å². The van der Waals surface area contributed by atoms with Crippen molar-refractivity contribution in [3.63, 3.8) is 0 Å². The van der Waals surface area contributed by atoms with Gasteiger partial charge < -0.3 is 5.32 Å². The fourth-order valence-corrected chi connectivity index (χ4v) is 4.66. The molecule has 1 unspecified atom stereocenters. The van der Waals surface area contributed by atoms with E-state index in [1.54, 1.807) is 12.1 Å². The second kappa shape index (κ2) is 5.46. The first kappa shape index (κ1) is 14.6. The van der Waals surface area contributed by atoms with Gasteiger partial charge in [0.05, 0.1) is 16.7 Å². The zero-order valence-corrected chi connectivity index (χ0v) is 14.0. The molecule has 0 aliphatic carbocycles. The van der Waals surface area contributed by atoms with E-state index in [0.29, 0.717) is 11.3 Å². The van der Waals surface area contributed by atoms with Crippen LogP contribution in [0.25, 0.3) is 0 Å². The molecule has 0 radical (unpaired) electrons. The Labute approximate surface area is 133 Å². The summed E-state index contributed by atoms with van der Waals surface area (Å²) in [5.41, 5.74) is 3.02. The molecule has 0 bridgehead atoms. The summed E-state index contributed by atoms with van der Waals surface area (Å²) in [6, 6.07) is 13.4. The predicted octanol–water partition coefficient (Wildman–Crippen LogP) is 4.09. The van der Waals surface area contributed by atoms with Gasteiger partial charge in [-0.05, 0) is 58.6 Å². The number of fused-ring (bicyclic) bond motifs is 1. The zero-order chi connectivity index (χ0) is 15.0. The molecule has 1 aliphatic heterocycles. The summed E-state index contributed by atoms with van der Waals surface area (Å²) in [6.45, 7) is 2.04. The van der Waals surface area contributed by atoms with Crippen LogP contribution in [-0.2, 0) is 9.84 Å². The SMILES string of the molecule is Cc1ccc(Br)c(NC2CCS(=O)(=O)c3ccccc32)c1. The van der Waals surface area contributed by atoms with Gasteiger partial charge in [-0.25, -0.2) is 8.42 Å². The fourth-order valence-electron chi connectivity index (χ4n) is 2.68. The highest BCUT2D eigenvalue weighted by Gasteiger charge is 2.30.